The summed E-state index contributed by atoms with van der Waals surface area (Å²) in [5.74, 6) is -4.97. The fourth-order valence-electron chi connectivity index (χ4n) is 5.90. The quantitative estimate of drug-likeness (QED) is 0.556. The zero-order valence-corrected chi connectivity index (χ0v) is 19.6. The summed E-state index contributed by atoms with van der Waals surface area (Å²) in [4.78, 5) is 13.5. The molecule has 0 aromatic heterocycles. The van der Waals surface area contributed by atoms with E-state index < -0.39 is 34.4 Å². The van der Waals surface area contributed by atoms with Gasteiger partial charge in [0.1, 0.15) is 0 Å². The van der Waals surface area contributed by atoms with Crippen molar-refractivity contribution < 1.29 is 32.9 Å². The number of halogens is 3. The van der Waals surface area contributed by atoms with Crippen LogP contribution in [0.2, 0.25) is 0 Å². The van der Waals surface area contributed by atoms with E-state index in [0.717, 1.165) is 5.56 Å². The normalized spacial score (nSPS) is 22.6. The van der Waals surface area contributed by atoms with E-state index in [9.17, 15) is 28.2 Å². The van der Waals surface area contributed by atoms with Crippen LogP contribution in [0, 0.1) is 11.2 Å². The van der Waals surface area contributed by atoms with Gasteiger partial charge in [-0.3, -0.25) is 0 Å². The van der Waals surface area contributed by atoms with Gasteiger partial charge in [0.15, 0.2) is 11.6 Å². The van der Waals surface area contributed by atoms with Crippen molar-refractivity contribution in [3.8, 4) is 5.75 Å². The average Bonchev–Trinajstić information content (AvgIpc) is 3.14. The number of rotatable bonds is 6. The Morgan fingerprint density at radius 1 is 1.15 bits per heavy atom. The van der Waals surface area contributed by atoms with Gasteiger partial charge in [0.05, 0.1) is 17.7 Å². The number of nitrogens with zero attached hydrogens (tertiary/aromatic N) is 1. The molecular weight excluding hydrogens is 447 g/mol. The zero-order chi connectivity index (χ0) is 24.9. The van der Waals surface area contributed by atoms with Crippen LogP contribution in [0.1, 0.15) is 61.0 Å². The molecule has 2 aromatic rings. The van der Waals surface area contributed by atoms with Gasteiger partial charge in [-0.05, 0) is 42.7 Å². The molecule has 0 bridgehead atoms. The smallest absolute Gasteiger partial charge is 0.335 e. The number of fused-ring (bicyclic) bond motifs is 1. The van der Waals surface area contributed by atoms with Crippen molar-refractivity contribution >= 4 is 11.7 Å². The Bertz CT molecular complexity index is 1080. The van der Waals surface area contributed by atoms with Crippen LogP contribution in [-0.4, -0.2) is 41.9 Å². The molecule has 2 N–H and O–H groups in total. The number of methoxy groups -OCH3 is 1. The summed E-state index contributed by atoms with van der Waals surface area (Å²) in [7, 11) is 1.58. The lowest BCUT2D eigenvalue weighted by atomic mass is 9.65. The van der Waals surface area contributed by atoms with Crippen LogP contribution in [0.3, 0.4) is 0 Å². The molecular formula is C26H30F3NO4. The predicted octanol–water partition coefficient (Wildman–Crippen LogP) is 5.74. The Hall–Kier alpha value is -2.74. The van der Waals surface area contributed by atoms with E-state index in [4.69, 9.17) is 4.74 Å². The van der Waals surface area contributed by atoms with Crippen LogP contribution in [-0.2, 0) is 16.7 Å². The summed E-state index contributed by atoms with van der Waals surface area (Å²) < 4.78 is 48.2. The lowest BCUT2D eigenvalue weighted by molar-refractivity contribution is -0.0429. The van der Waals surface area contributed by atoms with Gasteiger partial charge in [-0.2, -0.15) is 0 Å². The molecule has 2 aromatic carbocycles. The number of phenols is 1. The number of carbonyl (C=O) groups is 1. The number of aromatic hydroxyl groups is 1. The predicted molar refractivity (Wildman–Crippen MR) is 122 cm³/mol. The molecule has 2 aliphatic rings. The minimum atomic E-state index is -2.72. The average molecular weight is 478 g/mol. The number of phenolic OH excluding ortho intramolecular Hbond substituents is 1. The minimum Gasteiger partial charge on any atom is -0.505 e. The third-order valence-electron chi connectivity index (χ3n) is 7.60. The van der Waals surface area contributed by atoms with E-state index in [1.807, 2.05) is 13.8 Å². The number of carboxylic acids is 1. The van der Waals surface area contributed by atoms with Crippen LogP contribution < -0.4 is 4.90 Å². The largest absolute Gasteiger partial charge is 0.505 e. The first-order valence-corrected chi connectivity index (χ1v) is 11.4. The highest BCUT2D eigenvalue weighted by Gasteiger charge is 2.58. The van der Waals surface area contributed by atoms with Gasteiger partial charge in [0.2, 0.25) is 5.92 Å². The highest BCUT2D eigenvalue weighted by molar-refractivity contribution is 5.87. The summed E-state index contributed by atoms with van der Waals surface area (Å²) in [6.45, 7) is 4.28. The van der Waals surface area contributed by atoms with E-state index in [1.165, 1.54) is 18.2 Å². The molecule has 1 aliphatic carbocycles. The number of aromatic carboxylic acids is 1. The molecule has 8 heteroatoms. The summed E-state index contributed by atoms with van der Waals surface area (Å²) in [5.41, 5.74) is 0.383. The number of hydrogen-bond acceptors (Lipinski definition) is 4. The maximum Gasteiger partial charge on any atom is 0.335 e. The topological polar surface area (TPSA) is 70.0 Å². The van der Waals surface area contributed by atoms with Crippen LogP contribution >= 0.6 is 0 Å². The first kappa shape index (κ1) is 24.4. The van der Waals surface area contributed by atoms with Crippen molar-refractivity contribution in [2.24, 2.45) is 5.41 Å². The maximum atomic E-state index is 14.4. The molecule has 1 atom stereocenters. The van der Waals surface area contributed by atoms with E-state index in [1.54, 1.807) is 25.3 Å². The Labute approximate surface area is 197 Å². The van der Waals surface area contributed by atoms with Crippen molar-refractivity contribution in [2.45, 2.75) is 63.5 Å². The monoisotopic (exact) mass is 477 g/mol. The van der Waals surface area contributed by atoms with Crippen LogP contribution in [0.15, 0.2) is 36.4 Å². The summed E-state index contributed by atoms with van der Waals surface area (Å²) in [5, 5.41) is 20.1. The van der Waals surface area contributed by atoms with Crippen LogP contribution in [0.4, 0.5) is 18.9 Å². The number of hydrogen-bond donors (Lipinski definition) is 2. The van der Waals surface area contributed by atoms with Crippen molar-refractivity contribution in [2.75, 3.05) is 18.6 Å². The van der Waals surface area contributed by atoms with E-state index in [0.29, 0.717) is 17.9 Å². The van der Waals surface area contributed by atoms with Crippen LogP contribution in [0.5, 0.6) is 5.75 Å². The van der Waals surface area contributed by atoms with Crippen LogP contribution in [0.25, 0.3) is 0 Å². The van der Waals surface area contributed by atoms with Gasteiger partial charge in [-0.25, -0.2) is 18.0 Å². The molecule has 1 unspecified atom stereocenters. The Morgan fingerprint density at radius 3 is 2.32 bits per heavy atom. The standard InChI is InChI=1S/C26H30F3NO4/c1-24(2,15-34-3)26(17-6-4-16(5-7-17)23(32)33)14-19-21(9-8-20(27)22(19)31)30(26)18-10-12-25(28,29)13-11-18/h4-9,18,31H,10-15H2,1-3H3,(H,32,33). The molecule has 1 saturated carbocycles. The molecule has 1 fully saturated rings. The summed E-state index contributed by atoms with van der Waals surface area (Å²) in [6, 6.07) is 9.01. The fourth-order valence-corrected chi connectivity index (χ4v) is 5.90. The molecule has 0 amide bonds. The highest BCUT2D eigenvalue weighted by atomic mass is 19.3. The zero-order valence-electron chi connectivity index (χ0n) is 19.6. The number of anilines is 1. The molecule has 5 nitrogen and oxygen atoms in total. The molecule has 1 heterocycles. The second-order valence-corrected chi connectivity index (χ2v) is 10.1. The lowest BCUT2D eigenvalue weighted by Crippen LogP contribution is -2.60. The first-order valence-electron chi connectivity index (χ1n) is 11.4. The van der Waals surface area contributed by atoms with Gasteiger partial charge in [-0.15, -0.1) is 0 Å². The van der Waals surface area contributed by atoms with Gasteiger partial charge in [0.25, 0.3) is 0 Å². The molecule has 184 valence electrons. The van der Waals surface area contributed by atoms with Crippen molar-refractivity contribution in [1.82, 2.24) is 0 Å². The second kappa shape index (κ2) is 8.48. The van der Waals surface area contributed by atoms with E-state index >= 15 is 0 Å². The van der Waals surface area contributed by atoms with E-state index in [2.05, 4.69) is 4.90 Å². The maximum absolute atomic E-state index is 14.4. The Morgan fingerprint density at radius 2 is 1.76 bits per heavy atom. The van der Waals surface area contributed by atoms with Gasteiger partial charge in [-0.1, -0.05) is 26.0 Å². The Balaban J connectivity index is 1.95. The molecule has 4 rings (SSSR count). The number of alkyl halides is 2. The fraction of sp³-hybridized carbons (Fsp3) is 0.500. The lowest BCUT2D eigenvalue weighted by Gasteiger charge is -2.55. The molecule has 0 radical (unpaired) electrons. The van der Waals surface area contributed by atoms with Crippen molar-refractivity contribution in [1.29, 1.82) is 0 Å². The van der Waals surface area contributed by atoms with Crippen molar-refractivity contribution in [3.63, 3.8) is 0 Å². The van der Waals surface area contributed by atoms with Gasteiger partial charge < -0.3 is 19.8 Å². The first-order chi connectivity index (χ1) is 15.9. The van der Waals surface area contributed by atoms with E-state index in [-0.39, 0.29) is 43.7 Å². The number of carboxylic acid groups (broad SMARTS) is 1. The molecule has 0 saturated heterocycles. The number of ether oxygens (including phenoxy) is 1. The SMILES string of the molecule is COCC(C)(C)C1(c2ccc(C(=O)O)cc2)Cc2c(ccc(F)c2O)N1C1CCC(F)(F)CC1. The minimum absolute atomic E-state index is 0.122. The van der Waals surface area contributed by atoms with Crippen molar-refractivity contribution in [3.05, 3.63) is 58.9 Å². The summed E-state index contributed by atoms with van der Waals surface area (Å²) in [6.07, 6.45) is 0.192. The van der Waals surface area contributed by atoms with Gasteiger partial charge >= 0.3 is 5.97 Å². The molecule has 1 aliphatic heterocycles. The highest BCUT2D eigenvalue weighted by Crippen LogP contribution is 2.58. The summed E-state index contributed by atoms with van der Waals surface area (Å²) >= 11 is 0. The number of benzene rings is 2. The Kier molecular flexibility index (Phi) is 6.09. The van der Waals surface area contributed by atoms with Gasteiger partial charge in [0, 0.05) is 49.1 Å². The third-order valence-corrected chi connectivity index (χ3v) is 7.60. The molecule has 0 spiro atoms. The third kappa shape index (κ3) is 3.82. The second-order valence-electron chi connectivity index (χ2n) is 10.1. The molecule has 34 heavy (non-hydrogen) atoms.